The Balaban J connectivity index is 1.59. The number of hydrogen-bond donors (Lipinski definition) is 1. The molecule has 1 aromatic rings. The van der Waals surface area contributed by atoms with E-state index in [1.165, 1.54) is 0 Å². The van der Waals surface area contributed by atoms with Crippen LogP contribution in [-0.2, 0) is 7.05 Å². The van der Waals surface area contributed by atoms with E-state index in [4.69, 9.17) is 0 Å². The number of hydrogen-bond acceptors (Lipinski definition) is 4. The van der Waals surface area contributed by atoms with Gasteiger partial charge in [-0.3, -0.25) is 9.69 Å². The fourth-order valence-corrected chi connectivity index (χ4v) is 2.55. The largest absolute Gasteiger partial charge is 0.335 e. The molecule has 0 radical (unpaired) electrons. The van der Waals surface area contributed by atoms with Crippen LogP contribution in [0, 0.1) is 0 Å². The molecule has 98 valence electrons. The van der Waals surface area contributed by atoms with Gasteiger partial charge >= 0.3 is 0 Å². The number of imidazole rings is 1. The normalized spacial score (nSPS) is 21.9. The second-order valence-corrected chi connectivity index (χ2v) is 5.03. The molecular weight excluding hydrogens is 230 g/mol. The van der Waals surface area contributed by atoms with E-state index in [9.17, 15) is 4.79 Å². The summed E-state index contributed by atoms with van der Waals surface area (Å²) >= 11 is 0. The first-order chi connectivity index (χ1) is 8.75. The van der Waals surface area contributed by atoms with Gasteiger partial charge in [0.25, 0.3) is 5.91 Å². The van der Waals surface area contributed by atoms with Gasteiger partial charge < -0.3 is 14.8 Å². The molecule has 0 aromatic carbocycles. The lowest BCUT2D eigenvalue weighted by Crippen LogP contribution is -2.62. The number of piperazine rings is 1. The number of carbonyl (C=O) groups is 1. The monoisotopic (exact) mass is 249 g/mol. The molecule has 0 atom stereocenters. The van der Waals surface area contributed by atoms with E-state index >= 15 is 0 Å². The summed E-state index contributed by atoms with van der Waals surface area (Å²) in [6.07, 6.45) is 3.31. The number of aryl methyl sites for hydroxylation is 1. The van der Waals surface area contributed by atoms with Crippen molar-refractivity contribution in [1.29, 1.82) is 0 Å². The average Bonchev–Trinajstić information content (AvgIpc) is 2.73. The first-order valence-corrected chi connectivity index (χ1v) is 6.46. The Morgan fingerprint density at radius 2 is 2.06 bits per heavy atom. The summed E-state index contributed by atoms with van der Waals surface area (Å²) in [5, 5.41) is 3.29. The van der Waals surface area contributed by atoms with Crippen LogP contribution in [0.5, 0.6) is 0 Å². The molecule has 0 unspecified atom stereocenters. The summed E-state index contributed by atoms with van der Waals surface area (Å²) in [4.78, 5) is 20.7. The number of nitrogens with zero attached hydrogens (tertiary/aromatic N) is 4. The van der Waals surface area contributed by atoms with Gasteiger partial charge in [-0.2, -0.15) is 0 Å². The molecule has 1 N–H and O–H groups in total. The van der Waals surface area contributed by atoms with Crippen molar-refractivity contribution >= 4 is 5.91 Å². The Labute approximate surface area is 107 Å². The fraction of sp³-hybridized carbons (Fsp3) is 0.667. The molecule has 18 heavy (non-hydrogen) atoms. The lowest BCUT2D eigenvalue weighted by Gasteiger charge is -2.43. The van der Waals surface area contributed by atoms with Gasteiger partial charge in [-0.25, -0.2) is 4.98 Å². The van der Waals surface area contributed by atoms with Gasteiger partial charge in [-0.05, 0) is 0 Å². The molecule has 3 rings (SSSR count). The number of amides is 1. The van der Waals surface area contributed by atoms with Crippen molar-refractivity contribution < 1.29 is 4.79 Å². The average molecular weight is 249 g/mol. The predicted molar refractivity (Wildman–Crippen MR) is 67.3 cm³/mol. The summed E-state index contributed by atoms with van der Waals surface area (Å²) in [6.45, 7) is 5.79. The van der Waals surface area contributed by atoms with Crippen LogP contribution < -0.4 is 5.32 Å². The van der Waals surface area contributed by atoms with Crippen LogP contribution in [0.25, 0.3) is 0 Å². The van der Waals surface area contributed by atoms with Crippen molar-refractivity contribution in [2.75, 3.05) is 39.3 Å². The Morgan fingerprint density at radius 3 is 2.56 bits per heavy atom. The highest BCUT2D eigenvalue weighted by atomic mass is 16.2. The summed E-state index contributed by atoms with van der Waals surface area (Å²) < 4.78 is 1.78. The van der Waals surface area contributed by atoms with Gasteiger partial charge in [-0.1, -0.05) is 0 Å². The summed E-state index contributed by atoms with van der Waals surface area (Å²) in [7, 11) is 1.86. The zero-order valence-corrected chi connectivity index (χ0v) is 10.7. The number of nitrogens with one attached hydrogen (secondary N) is 1. The van der Waals surface area contributed by atoms with Crippen LogP contribution in [0.3, 0.4) is 0 Å². The lowest BCUT2D eigenvalue weighted by molar-refractivity contribution is 0.0494. The first-order valence-electron chi connectivity index (χ1n) is 6.46. The quantitative estimate of drug-likeness (QED) is 0.742. The lowest BCUT2D eigenvalue weighted by atomic mass is 10.1. The van der Waals surface area contributed by atoms with E-state index in [-0.39, 0.29) is 5.91 Å². The van der Waals surface area contributed by atoms with Crippen LogP contribution in [0.15, 0.2) is 12.5 Å². The van der Waals surface area contributed by atoms with E-state index in [1.807, 2.05) is 11.9 Å². The Morgan fingerprint density at radius 1 is 1.33 bits per heavy atom. The van der Waals surface area contributed by atoms with E-state index in [2.05, 4.69) is 15.2 Å². The van der Waals surface area contributed by atoms with Crippen LogP contribution >= 0.6 is 0 Å². The number of carbonyl (C=O) groups excluding carboxylic acids is 1. The second-order valence-electron chi connectivity index (χ2n) is 5.03. The topological polar surface area (TPSA) is 53.4 Å². The smallest absolute Gasteiger partial charge is 0.272 e. The minimum absolute atomic E-state index is 0.0985. The predicted octanol–water partition coefficient (Wildman–Crippen LogP) is -0.850. The minimum Gasteiger partial charge on any atom is -0.335 e. The molecule has 3 heterocycles. The van der Waals surface area contributed by atoms with Crippen molar-refractivity contribution in [2.24, 2.45) is 7.05 Å². The molecule has 0 saturated carbocycles. The second kappa shape index (κ2) is 4.70. The third-order valence-corrected chi connectivity index (χ3v) is 3.91. The fourth-order valence-electron chi connectivity index (χ4n) is 2.55. The third kappa shape index (κ3) is 2.02. The Kier molecular flexibility index (Phi) is 3.05. The van der Waals surface area contributed by atoms with Gasteiger partial charge in [0, 0.05) is 52.4 Å². The van der Waals surface area contributed by atoms with E-state index in [0.717, 1.165) is 39.3 Å². The summed E-state index contributed by atoms with van der Waals surface area (Å²) in [6, 6.07) is 0.680. The molecule has 2 fully saturated rings. The molecule has 6 nitrogen and oxygen atoms in total. The van der Waals surface area contributed by atoms with Crippen LogP contribution in [-0.4, -0.2) is 70.6 Å². The van der Waals surface area contributed by atoms with Crippen LogP contribution in [0.1, 0.15) is 10.5 Å². The van der Waals surface area contributed by atoms with Gasteiger partial charge in [0.15, 0.2) is 0 Å². The maximum atomic E-state index is 12.3. The van der Waals surface area contributed by atoms with Gasteiger partial charge in [0.05, 0.1) is 12.5 Å². The third-order valence-electron chi connectivity index (χ3n) is 3.91. The van der Waals surface area contributed by atoms with Gasteiger partial charge in [0.2, 0.25) is 0 Å². The van der Waals surface area contributed by atoms with E-state index in [1.54, 1.807) is 17.1 Å². The molecule has 6 heteroatoms. The highest BCUT2D eigenvalue weighted by Crippen LogP contribution is 2.12. The van der Waals surface area contributed by atoms with E-state index < -0.39 is 0 Å². The Hall–Kier alpha value is -1.40. The molecule has 0 spiro atoms. The zero-order chi connectivity index (χ0) is 12.5. The highest BCUT2D eigenvalue weighted by molar-refractivity contribution is 5.92. The molecular formula is C12H19N5O. The molecule has 1 amide bonds. The molecule has 2 saturated heterocycles. The van der Waals surface area contributed by atoms with Crippen molar-refractivity contribution in [1.82, 2.24) is 24.7 Å². The molecule has 2 aliphatic rings. The number of rotatable bonds is 2. The zero-order valence-electron chi connectivity index (χ0n) is 10.7. The highest BCUT2D eigenvalue weighted by Gasteiger charge is 2.29. The van der Waals surface area contributed by atoms with Crippen molar-refractivity contribution in [3.63, 3.8) is 0 Å². The standard InChI is InChI=1S/C12H19N5O/c1-15-9-14-8-11(15)12(18)17-4-2-16(3-5-17)10-6-13-7-10/h8-10,13H,2-7H2,1H3. The first kappa shape index (κ1) is 11.7. The molecule has 2 aliphatic heterocycles. The summed E-state index contributed by atoms with van der Waals surface area (Å²) in [5.41, 5.74) is 0.675. The molecule has 0 bridgehead atoms. The maximum Gasteiger partial charge on any atom is 0.272 e. The Bertz CT molecular complexity index is 431. The SMILES string of the molecule is Cn1cncc1C(=O)N1CCN(C2CNC2)CC1. The van der Waals surface area contributed by atoms with Crippen LogP contribution in [0.2, 0.25) is 0 Å². The van der Waals surface area contributed by atoms with Crippen molar-refractivity contribution in [3.8, 4) is 0 Å². The summed E-state index contributed by atoms with van der Waals surface area (Å²) in [5.74, 6) is 0.0985. The van der Waals surface area contributed by atoms with Crippen molar-refractivity contribution in [2.45, 2.75) is 6.04 Å². The minimum atomic E-state index is 0.0985. The van der Waals surface area contributed by atoms with Gasteiger partial charge in [0.1, 0.15) is 5.69 Å². The maximum absolute atomic E-state index is 12.3. The van der Waals surface area contributed by atoms with E-state index in [0.29, 0.717) is 11.7 Å². The molecule has 1 aromatic heterocycles. The van der Waals surface area contributed by atoms with Crippen LogP contribution in [0.4, 0.5) is 0 Å². The molecule has 0 aliphatic carbocycles. The van der Waals surface area contributed by atoms with Crippen molar-refractivity contribution in [3.05, 3.63) is 18.2 Å². The number of aromatic nitrogens is 2. The van der Waals surface area contributed by atoms with Gasteiger partial charge in [-0.15, -0.1) is 0 Å².